The number of amides is 2. The standard InChI is InChI=1S/C19H27ClN2O4/c1-4-11-26-18-16(20)12-15(13-17(18)25-5-2)19(24)22-8-6-7-21(9-10-22)14(3)23/h12-13H,4-11H2,1-3H3. The Kier molecular flexibility index (Phi) is 7.57. The highest BCUT2D eigenvalue weighted by atomic mass is 35.5. The Hall–Kier alpha value is -1.95. The maximum atomic E-state index is 12.9. The van der Waals surface area contributed by atoms with Crippen LogP contribution in [0.2, 0.25) is 5.02 Å². The van der Waals surface area contributed by atoms with Crippen LogP contribution in [0.1, 0.15) is 44.0 Å². The third-order valence-electron chi connectivity index (χ3n) is 4.24. The highest BCUT2D eigenvalue weighted by molar-refractivity contribution is 6.32. The van der Waals surface area contributed by atoms with Crippen molar-refractivity contribution in [1.82, 2.24) is 9.80 Å². The fraction of sp³-hybridized carbons (Fsp3) is 0.579. The first-order valence-electron chi connectivity index (χ1n) is 9.11. The minimum atomic E-state index is -0.111. The lowest BCUT2D eigenvalue weighted by Crippen LogP contribution is -2.36. The summed E-state index contributed by atoms with van der Waals surface area (Å²) >= 11 is 6.36. The molecule has 0 atom stereocenters. The first kappa shape index (κ1) is 20.4. The number of carbonyl (C=O) groups excluding carboxylic acids is 2. The van der Waals surface area contributed by atoms with Crippen LogP contribution < -0.4 is 9.47 Å². The van der Waals surface area contributed by atoms with Gasteiger partial charge in [0.25, 0.3) is 5.91 Å². The molecule has 1 aromatic carbocycles. The molecule has 0 unspecified atom stereocenters. The maximum Gasteiger partial charge on any atom is 0.254 e. The molecule has 6 nitrogen and oxygen atoms in total. The summed E-state index contributed by atoms with van der Waals surface area (Å²) in [6.45, 7) is 8.76. The van der Waals surface area contributed by atoms with Crippen molar-refractivity contribution < 1.29 is 19.1 Å². The number of carbonyl (C=O) groups is 2. The molecule has 0 aliphatic carbocycles. The van der Waals surface area contributed by atoms with Gasteiger partial charge >= 0.3 is 0 Å². The van der Waals surface area contributed by atoms with E-state index in [4.69, 9.17) is 21.1 Å². The van der Waals surface area contributed by atoms with Gasteiger partial charge in [-0.3, -0.25) is 9.59 Å². The van der Waals surface area contributed by atoms with Crippen LogP contribution in [0.4, 0.5) is 0 Å². The number of ether oxygens (including phenoxy) is 2. The summed E-state index contributed by atoms with van der Waals surface area (Å²) in [5.74, 6) is 0.890. The van der Waals surface area contributed by atoms with Crippen LogP contribution in [0.15, 0.2) is 12.1 Å². The van der Waals surface area contributed by atoms with E-state index >= 15 is 0 Å². The summed E-state index contributed by atoms with van der Waals surface area (Å²) in [5, 5.41) is 0.368. The molecule has 0 aromatic heterocycles. The molecule has 1 aromatic rings. The van der Waals surface area contributed by atoms with Crippen LogP contribution in [0.25, 0.3) is 0 Å². The highest BCUT2D eigenvalue weighted by Crippen LogP contribution is 2.37. The third-order valence-corrected chi connectivity index (χ3v) is 4.52. The first-order valence-corrected chi connectivity index (χ1v) is 9.49. The Bertz CT molecular complexity index is 651. The average molecular weight is 383 g/mol. The fourth-order valence-electron chi connectivity index (χ4n) is 2.92. The minimum absolute atomic E-state index is 0.0402. The second-order valence-electron chi connectivity index (χ2n) is 6.22. The Morgan fingerprint density at radius 1 is 1.08 bits per heavy atom. The fourth-order valence-corrected chi connectivity index (χ4v) is 3.18. The normalized spacial score (nSPS) is 14.8. The van der Waals surface area contributed by atoms with Gasteiger partial charge in [0.15, 0.2) is 11.5 Å². The van der Waals surface area contributed by atoms with Crippen LogP contribution in [0.3, 0.4) is 0 Å². The average Bonchev–Trinajstić information content (AvgIpc) is 2.87. The van der Waals surface area contributed by atoms with Crippen LogP contribution in [0, 0.1) is 0 Å². The molecule has 144 valence electrons. The van der Waals surface area contributed by atoms with Crippen molar-refractivity contribution in [3.8, 4) is 11.5 Å². The molecule has 1 heterocycles. The lowest BCUT2D eigenvalue weighted by atomic mass is 10.1. The topological polar surface area (TPSA) is 59.1 Å². The van der Waals surface area contributed by atoms with Gasteiger partial charge in [-0.15, -0.1) is 0 Å². The smallest absolute Gasteiger partial charge is 0.254 e. The number of hydrogen-bond acceptors (Lipinski definition) is 4. The quantitative estimate of drug-likeness (QED) is 0.758. The molecule has 1 aliphatic rings. The number of nitrogens with zero attached hydrogens (tertiary/aromatic N) is 2. The van der Waals surface area contributed by atoms with Crippen molar-refractivity contribution in [2.45, 2.75) is 33.6 Å². The Morgan fingerprint density at radius 3 is 2.42 bits per heavy atom. The van der Waals surface area contributed by atoms with Crippen LogP contribution in [-0.2, 0) is 4.79 Å². The molecule has 7 heteroatoms. The van der Waals surface area contributed by atoms with Gasteiger partial charge in [0.2, 0.25) is 5.91 Å². The maximum absolute atomic E-state index is 12.9. The summed E-state index contributed by atoms with van der Waals surface area (Å²) in [7, 11) is 0. The van der Waals surface area contributed by atoms with E-state index in [0.717, 1.165) is 12.8 Å². The largest absolute Gasteiger partial charge is 0.490 e. The predicted molar refractivity (Wildman–Crippen MR) is 101 cm³/mol. The molecular weight excluding hydrogens is 356 g/mol. The van der Waals surface area contributed by atoms with Gasteiger partial charge in [0.05, 0.1) is 18.2 Å². The Morgan fingerprint density at radius 2 is 1.77 bits per heavy atom. The molecule has 1 fully saturated rings. The molecule has 2 amide bonds. The van der Waals surface area contributed by atoms with Crippen molar-refractivity contribution in [2.75, 3.05) is 39.4 Å². The van der Waals surface area contributed by atoms with E-state index < -0.39 is 0 Å². The Labute approximate surface area is 160 Å². The van der Waals surface area contributed by atoms with E-state index in [9.17, 15) is 9.59 Å². The zero-order valence-electron chi connectivity index (χ0n) is 15.7. The second-order valence-corrected chi connectivity index (χ2v) is 6.63. The molecule has 0 N–H and O–H groups in total. The van der Waals surface area contributed by atoms with Crippen molar-refractivity contribution in [2.24, 2.45) is 0 Å². The van der Waals surface area contributed by atoms with Crippen molar-refractivity contribution in [1.29, 1.82) is 0 Å². The summed E-state index contributed by atoms with van der Waals surface area (Å²) in [4.78, 5) is 28.0. The van der Waals surface area contributed by atoms with Crippen molar-refractivity contribution >= 4 is 23.4 Å². The number of halogens is 1. The summed E-state index contributed by atoms with van der Waals surface area (Å²) in [6.07, 6.45) is 1.61. The molecule has 0 bridgehead atoms. The van der Waals surface area contributed by atoms with E-state index in [1.54, 1.807) is 28.9 Å². The highest BCUT2D eigenvalue weighted by Gasteiger charge is 2.23. The second kappa shape index (κ2) is 9.67. The van der Waals surface area contributed by atoms with E-state index in [2.05, 4.69) is 0 Å². The molecule has 0 saturated carbocycles. The zero-order chi connectivity index (χ0) is 19.1. The number of rotatable bonds is 6. The van der Waals surface area contributed by atoms with E-state index in [1.165, 1.54) is 0 Å². The number of benzene rings is 1. The molecule has 26 heavy (non-hydrogen) atoms. The molecule has 1 aliphatic heterocycles. The van der Waals surface area contributed by atoms with Crippen molar-refractivity contribution in [3.05, 3.63) is 22.7 Å². The Balaban J connectivity index is 2.21. The summed E-state index contributed by atoms with van der Waals surface area (Å²) in [5.41, 5.74) is 0.471. The van der Waals surface area contributed by atoms with E-state index in [1.807, 2.05) is 13.8 Å². The van der Waals surface area contributed by atoms with Crippen LogP contribution in [0.5, 0.6) is 11.5 Å². The summed E-state index contributed by atoms with van der Waals surface area (Å²) < 4.78 is 11.3. The summed E-state index contributed by atoms with van der Waals surface area (Å²) in [6, 6.07) is 3.32. The minimum Gasteiger partial charge on any atom is -0.490 e. The zero-order valence-corrected chi connectivity index (χ0v) is 16.5. The van der Waals surface area contributed by atoms with Gasteiger partial charge in [0.1, 0.15) is 0 Å². The van der Waals surface area contributed by atoms with Crippen LogP contribution in [-0.4, -0.2) is 61.0 Å². The van der Waals surface area contributed by atoms with Gasteiger partial charge < -0.3 is 19.3 Å². The predicted octanol–water partition coefficient (Wildman–Crippen LogP) is 3.22. The van der Waals surface area contributed by atoms with Gasteiger partial charge in [0, 0.05) is 38.7 Å². The molecule has 2 rings (SSSR count). The van der Waals surface area contributed by atoms with Gasteiger partial charge in [-0.2, -0.15) is 0 Å². The van der Waals surface area contributed by atoms with Gasteiger partial charge in [-0.05, 0) is 31.9 Å². The van der Waals surface area contributed by atoms with E-state index in [-0.39, 0.29) is 11.8 Å². The molecule has 0 radical (unpaired) electrons. The van der Waals surface area contributed by atoms with Crippen LogP contribution >= 0.6 is 11.6 Å². The SMILES string of the molecule is CCCOc1c(Cl)cc(C(=O)N2CCCN(C(C)=O)CC2)cc1OCC. The van der Waals surface area contributed by atoms with E-state index in [0.29, 0.717) is 61.5 Å². The molecule has 1 saturated heterocycles. The monoisotopic (exact) mass is 382 g/mol. The van der Waals surface area contributed by atoms with Gasteiger partial charge in [-0.25, -0.2) is 0 Å². The number of hydrogen-bond donors (Lipinski definition) is 0. The lowest BCUT2D eigenvalue weighted by molar-refractivity contribution is -0.128. The first-order chi connectivity index (χ1) is 12.5. The van der Waals surface area contributed by atoms with Gasteiger partial charge in [-0.1, -0.05) is 18.5 Å². The lowest BCUT2D eigenvalue weighted by Gasteiger charge is -2.22. The molecule has 0 spiro atoms. The molecular formula is C19H27ClN2O4. The third kappa shape index (κ3) is 5.04. The van der Waals surface area contributed by atoms with Crippen molar-refractivity contribution in [3.63, 3.8) is 0 Å².